The predicted octanol–water partition coefficient (Wildman–Crippen LogP) is 6.27. The molecule has 38 heavy (non-hydrogen) atoms. The summed E-state index contributed by atoms with van der Waals surface area (Å²) < 4.78 is 0. The topological polar surface area (TPSA) is 61.6 Å². The normalized spacial score (nSPS) is 17.4. The third-order valence-corrected chi connectivity index (χ3v) is 6.14. The Bertz CT molecular complexity index is 863. The number of carbonyl (C=O) groups excluding carboxylic acids is 1. The van der Waals surface area contributed by atoms with Gasteiger partial charge in [-0.05, 0) is 78.6 Å². The minimum absolute atomic E-state index is 0. The number of likely N-dealkylation sites (tertiary alicyclic amines) is 2. The molecule has 2 heterocycles. The summed E-state index contributed by atoms with van der Waals surface area (Å²) in [6, 6.07) is 21.9. The maximum Gasteiger partial charge on any atom is 0.135 e. The van der Waals surface area contributed by atoms with Gasteiger partial charge in [-0.25, -0.2) is 0 Å². The van der Waals surface area contributed by atoms with Crippen LogP contribution in [0.2, 0.25) is 0 Å². The Morgan fingerprint density at radius 2 is 1.11 bits per heavy atom. The van der Waals surface area contributed by atoms with E-state index in [9.17, 15) is 4.79 Å². The van der Waals surface area contributed by atoms with Crippen molar-refractivity contribution >= 4 is 5.78 Å². The minimum atomic E-state index is 0. The van der Waals surface area contributed by atoms with Gasteiger partial charge in [0.2, 0.25) is 0 Å². The van der Waals surface area contributed by atoms with Crippen LogP contribution in [0.3, 0.4) is 0 Å². The van der Waals surface area contributed by atoms with Crippen molar-refractivity contribution in [1.82, 2.24) is 15.1 Å². The van der Waals surface area contributed by atoms with E-state index in [2.05, 4.69) is 90.5 Å². The van der Waals surface area contributed by atoms with Crippen LogP contribution in [0.25, 0.3) is 0 Å². The molecule has 214 valence electrons. The average Bonchev–Trinajstić information content (AvgIpc) is 2.82. The van der Waals surface area contributed by atoms with E-state index in [0.717, 1.165) is 39.0 Å². The zero-order valence-corrected chi connectivity index (χ0v) is 24.3. The summed E-state index contributed by atoms with van der Waals surface area (Å²) in [5.74, 6) is 0.411. The highest BCUT2D eigenvalue weighted by Crippen LogP contribution is 2.16. The summed E-state index contributed by atoms with van der Waals surface area (Å²) in [5, 5.41) is 3.72. The number of nitrogens with two attached hydrogens (primary N) is 1. The van der Waals surface area contributed by atoms with Crippen molar-refractivity contribution in [2.45, 2.75) is 105 Å². The van der Waals surface area contributed by atoms with Crippen molar-refractivity contribution in [2.24, 2.45) is 5.73 Å². The second-order valence-electron chi connectivity index (χ2n) is 12.6. The Morgan fingerprint density at radius 1 is 0.737 bits per heavy atom. The molecule has 0 amide bonds. The second-order valence-corrected chi connectivity index (χ2v) is 12.6. The highest BCUT2D eigenvalue weighted by Gasteiger charge is 2.22. The molecule has 0 spiro atoms. The van der Waals surface area contributed by atoms with Gasteiger partial charge in [-0.3, -0.25) is 14.6 Å². The second kappa shape index (κ2) is 16.8. The molecule has 5 heteroatoms. The maximum absolute atomic E-state index is 11.0. The molecule has 2 aromatic carbocycles. The Kier molecular flexibility index (Phi) is 15.0. The van der Waals surface area contributed by atoms with Crippen molar-refractivity contribution in [1.29, 1.82) is 0 Å². The Hall–Kier alpha value is -2.05. The van der Waals surface area contributed by atoms with Gasteiger partial charge < -0.3 is 11.1 Å². The number of hydrogen-bond acceptors (Lipinski definition) is 5. The van der Waals surface area contributed by atoms with Crippen molar-refractivity contribution < 1.29 is 4.79 Å². The first kappa shape index (κ1) is 34.0. The quantitative estimate of drug-likeness (QED) is 0.483. The Morgan fingerprint density at radius 3 is 1.47 bits per heavy atom. The van der Waals surface area contributed by atoms with Crippen LogP contribution in [0.15, 0.2) is 60.7 Å². The third kappa shape index (κ3) is 16.7. The third-order valence-electron chi connectivity index (χ3n) is 6.14. The van der Waals surface area contributed by atoms with E-state index in [-0.39, 0.29) is 18.5 Å². The minimum Gasteiger partial charge on any atom is -0.326 e. The Balaban J connectivity index is 0.000000322. The monoisotopic (exact) mass is 524 g/mol. The van der Waals surface area contributed by atoms with Crippen LogP contribution in [0.5, 0.6) is 0 Å². The van der Waals surface area contributed by atoms with Gasteiger partial charge in [0.15, 0.2) is 0 Å². The number of piperidine rings is 2. The molecule has 0 bridgehead atoms. The van der Waals surface area contributed by atoms with E-state index in [1.807, 2.05) is 26.8 Å². The van der Waals surface area contributed by atoms with Gasteiger partial charge in [0.25, 0.3) is 0 Å². The van der Waals surface area contributed by atoms with Gasteiger partial charge in [-0.1, -0.05) is 68.1 Å². The molecule has 2 aliphatic rings. The number of nitrogens with zero attached hydrogens (tertiary/aromatic N) is 2. The van der Waals surface area contributed by atoms with E-state index in [1.54, 1.807) is 0 Å². The van der Waals surface area contributed by atoms with Crippen LogP contribution < -0.4 is 11.1 Å². The van der Waals surface area contributed by atoms with Gasteiger partial charge in [0.1, 0.15) is 5.78 Å². The van der Waals surface area contributed by atoms with Gasteiger partial charge in [0, 0.05) is 56.1 Å². The maximum atomic E-state index is 11.0. The molecule has 4 rings (SSSR count). The molecule has 0 radical (unpaired) electrons. The van der Waals surface area contributed by atoms with E-state index in [4.69, 9.17) is 5.73 Å². The fraction of sp³-hybridized carbons (Fsp3) is 0.606. The average molecular weight is 525 g/mol. The lowest BCUT2D eigenvalue weighted by molar-refractivity contribution is -0.121. The number of rotatable bonds is 5. The summed E-state index contributed by atoms with van der Waals surface area (Å²) in [6.07, 6.45) is 3.99. The molecule has 5 nitrogen and oxygen atoms in total. The number of benzene rings is 2. The first-order chi connectivity index (χ1) is 17.4. The largest absolute Gasteiger partial charge is 0.326 e. The fourth-order valence-electron chi connectivity index (χ4n) is 4.49. The molecule has 2 aliphatic heterocycles. The van der Waals surface area contributed by atoms with E-state index >= 15 is 0 Å². The number of carbonyl (C=O) groups is 1. The van der Waals surface area contributed by atoms with Gasteiger partial charge in [0.05, 0.1) is 0 Å². The van der Waals surface area contributed by atoms with Gasteiger partial charge in [-0.15, -0.1) is 0 Å². The van der Waals surface area contributed by atoms with Crippen molar-refractivity contribution in [2.75, 3.05) is 26.2 Å². The lowest BCUT2D eigenvalue weighted by Gasteiger charge is -2.36. The zero-order chi connectivity index (χ0) is 27.3. The predicted molar refractivity (Wildman–Crippen MR) is 164 cm³/mol. The number of nitrogens with one attached hydrogen (secondary N) is 1. The molecular formula is C33H56N4O. The number of Topliss-reactive ketones (excluding diaryl/α,β-unsaturated/α-hetero) is 1. The van der Waals surface area contributed by atoms with Crippen LogP contribution in [0.4, 0.5) is 0 Å². The molecule has 2 aromatic rings. The molecule has 2 fully saturated rings. The van der Waals surface area contributed by atoms with Crippen molar-refractivity contribution in [3.63, 3.8) is 0 Å². The SMILES string of the molecule is C.CC(C)(C)N.CC(C)(C)NC1CCN(Cc2ccccc2)CC1.O=C1CCN(Cc2ccccc2)CC1. The highest BCUT2D eigenvalue weighted by molar-refractivity contribution is 5.79. The van der Waals surface area contributed by atoms with Crippen LogP contribution in [-0.2, 0) is 17.9 Å². The fourth-order valence-corrected chi connectivity index (χ4v) is 4.49. The summed E-state index contributed by atoms with van der Waals surface area (Å²) in [6.45, 7) is 19.0. The molecule has 0 saturated carbocycles. The summed E-state index contributed by atoms with van der Waals surface area (Å²) >= 11 is 0. The van der Waals surface area contributed by atoms with Gasteiger partial charge >= 0.3 is 0 Å². The zero-order valence-electron chi connectivity index (χ0n) is 24.3. The summed E-state index contributed by atoms with van der Waals surface area (Å²) in [7, 11) is 0. The number of ketones is 1. The molecule has 2 saturated heterocycles. The van der Waals surface area contributed by atoms with Crippen LogP contribution in [0.1, 0.15) is 85.8 Å². The smallest absolute Gasteiger partial charge is 0.135 e. The van der Waals surface area contributed by atoms with Crippen molar-refractivity contribution in [3.8, 4) is 0 Å². The lowest BCUT2D eigenvalue weighted by Crippen LogP contribution is -2.49. The van der Waals surface area contributed by atoms with E-state index in [0.29, 0.717) is 11.8 Å². The van der Waals surface area contributed by atoms with Gasteiger partial charge in [-0.2, -0.15) is 0 Å². The molecule has 0 unspecified atom stereocenters. The standard InChI is InChI=1S/C16H26N2.C12H15NO.C4H11N.CH4/c1-16(2,3)17-15-9-11-18(12-10-15)13-14-7-5-4-6-8-14;14-12-6-8-13(9-7-12)10-11-4-2-1-3-5-11;1-4(2,3)5;/h4-8,15,17H,9-13H2,1-3H3;1-5H,6-10H2;5H2,1-3H3;1H4. The summed E-state index contributed by atoms with van der Waals surface area (Å²) in [4.78, 5) is 15.9. The first-order valence-electron chi connectivity index (χ1n) is 14.0. The summed E-state index contributed by atoms with van der Waals surface area (Å²) in [5.41, 5.74) is 8.36. The van der Waals surface area contributed by atoms with Crippen LogP contribution in [0, 0.1) is 0 Å². The van der Waals surface area contributed by atoms with E-state index < -0.39 is 0 Å². The lowest BCUT2D eigenvalue weighted by atomic mass is 9.99. The molecule has 0 aromatic heterocycles. The molecule has 3 N–H and O–H groups in total. The Labute approximate surface area is 234 Å². The molecular weight excluding hydrogens is 468 g/mol. The van der Waals surface area contributed by atoms with Crippen LogP contribution in [-0.4, -0.2) is 58.9 Å². The van der Waals surface area contributed by atoms with E-state index in [1.165, 1.54) is 37.1 Å². The first-order valence-corrected chi connectivity index (χ1v) is 14.0. The van der Waals surface area contributed by atoms with Crippen molar-refractivity contribution in [3.05, 3.63) is 71.8 Å². The molecule has 0 atom stereocenters. The van der Waals surface area contributed by atoms with Crippen LogP contribution >= 0.6 is 0 Å². The highest BCUT2D eigenvalue weighted by atomic mass is 16.1. The molecule has 0 aliphatic carbocycles. The number of hydrogen-bond donors (Lipinski definition) is 2.